The molecule has 0 saturated carbocycles. The summed E-state index contributed by atoms with van der Waals surface area (Å²) in [5, 5.41) is 0. The molecule has 138 valence electrons. The smallest absolute Gasteiger partial charge is 0.308 e. The van der Waals surface area contributed by atoms with Crippen LogP contribution in [0, 0.1) is 5.92 Å². The van der Waals surface area contributed by atoms with Crippen molar-refractivity contribution in [2.75, 3.05) is 60.0 Å². The van der Waals surface area contributed by atoms with Crippen LogP contribution in [0.25, 0.3) is 0 Å². The Kier molecular flexibility index (Phi) is 17.1. The highest BCUT2D eigenvalue weighted by molar-refractivity contribution is 5.72. The van der Waals surface area contributed by atoms with Gasteiger partial charge in [-0.3, -0.25) is 4.79 Å². The Balaban J connectivity index is 3.33. The molecule has 0 aromatic carbocycles. The SMILES string of the molecule is CCCCC(CC)C(=O)OCCOCCOCCOCCOC. The molecule has 0 aromatic heterocycles. The maximum Gasteiger partial charge on any atom is 0.308 e. The summed E-state index contributed by atoms with van der Waals surface area (Å²) in [6, 6.07) is 0. The van der Waals surface area contributed by atoms with Gasteiger partial charge in [-0.2, -0.15) is 0 Å². The zero-order valence-electron chi connectivity index (χ0n) is 15.0. The van der Waals surface area contributed by atoms with Crippen molar-refractivity contribution in [2.24, 2.45) is 5.92 Å². The molecule has 0 N–H and O–H groups in total. The second kappa shape index (κ2) is 17.7. The van der Waals surface area contributed by atoms with Gasteiger partial charge < -0.3 is 23.7 Å². The Bertz CT molecular complexity index is 259. The third kappa shape index (κ3) is 14.6. The molecule has 1 unspecified atom stereocenters. The Morgan fingerprint density at radius 1 is 0.826 bits per heavy atom. The van der Waals surface area contributed by atoms with Crippen LogP contribution < -0.4 is 0 Å². The molecule has 0 amide bonds. The lowest BCUT2D eigenvalue weighted by atomic mass is 10.00. The van der Waals surface area contributed by atoms with Crippen LogP contribution in [0.1, 0.15) is 39.5 Å². The van der Waals surface area contributed by atoms with Gasteiger partial charge in [-0.25, -0.2) is 0 Å². The van der Waals surface area contributed by atoms with Gasteiger partial charge in [0, 0.05) is 7.11 Å². The third-order valence-corrected chi connectivity index (χ3v) is 3.38. The Morgan fingerprint density at radius 2 is 1.35 bits per heavy atom. The molecule has 0 aliphatic heterocycles. The van der Waals surface area contributed by atoms with Crippen LogP contribution in [-0.2, 0) is 28.5 Å². The minimum absolute atomic E-state index is 0.0244. The lowest BCUT2D eigenvalue weighted by molar-refractivity contribution is -0.150. The van der Waals surface area contributed by atoms with Gasteiger partial charge in [0.1, 0.15) is 6.61 Å². The van der Waals surface area contributed by atoms with Gasteiger partial charge in [0.25, 0.3) is 0 Å². The second-order valence-electron chi connectivity index (χ2n) is 5.24. The number of esters is 1. The lowest BCUT2D eigenvalue weighted by Crippen LogP contribution is -2.20. The van der Waals surface area contributed by atoms with Crippen molar-refractivity contribution in [3.05, 3.63) is 0 Å². The van der Waals surface area contributed by atoms with E-state index in [0.29, 0.717) is 52.9 Å². The fourth-order valence-corrected chi connectivity index (χ4v) is 1.94. The number of unbranched alkanes of at least 4 members (excludes halogenated alkanes) is 1. The first-order chi connectivity index (χ1) is 11.3. The summed E-state index contributed by atoms with van der Waals surface area (Å²) in [7, 11) is 1.64. The average Bonchev–Trinajstić information content (AvgIpc) is 2.56. The van der Waals surface area contributed by atoms with Gasteiger partial charge in [-0.1, -0.05) is 26.7 Å². The minimum Gasteiger partial charge on any atom is -0.463 e. The van der Waals surface area contributed by atoms with Crippen molar-refractivity contribution in [1.82, 2.24) is 0 Å². The summed E-state index contributed by atoms with van der Waals surface area (Å²) < 4.78 is 26.1. The maximum atomic E-state index is 11.8. The van der Waals surface area contributed by atoms with E-state index in [1.54, 1.807) is 7.11 Å². The van der Waals surface area contributed by atoms with Crippen molar-refractivity contribution in [1.29, 1.82) is 0 Å². The fraction of sp³-hybridized carbons (Fsp3) is 0.941. The lowest BCUT2D eigenvalue weighted by Gasteiger charge is -2.13. The molecule has 0 aliphatic rings. The van der Waals surface area contributed by atoms with Crippen LogP contribution in [0.2, 0.25) is 0 Å². The Morgan fingerprint density at radius 3 is 1.83 bits per heavy atom. The zero-order valence-corrected chi connectivity index (χ0v) is 15.0. The van der Waals surface area contributed by atoms with E-state index < -0.39 is 0 Å². The van der Waals surface area contributed by atoms with Crippen LogP contribution in [0.4, 0.5) is 0 Å². The van der Waals surface area contributed by atoms with E-state index in [0.717, 1.165) is 25.7 Å². The standard InChI is InChI=1S/C17H34O6/c1-4-6-7-16(5-2)17(18)23-15-14-22-13-12-21-11-10-20-9-8-19-3/h16H,4-15H2,1-3H3. The van der Waals surface area contributed by atoms with Gasteiger partial charge in [0.2, 0.25) is 0 Å². The van der Waals surface area contributed by atoms with Gasteiger partial charge in [0.05, 0.1) is 52.2 Å². The average molecular weight is 334 g/mol. The largest absolute Gasteiger partial charge is 0.463 e. The highest BCUT2D eigenvalue weighted by Crippen LogP contribution is 2.14. The molecule has 6 heteroatoms. The molecule has 1 atom stereocenters. The predicted molar refractivity (Wildman–Crippen MR) is 88.6 cm³/mol. The van der Waals surface area contributed by atoms with Crippen molar-refractivity contribution in [3.8, 4) is 0 Å². The Hall–Kier alpha value is -0.690. The normalized spacial score (nSPS) is 12.3. The quantitative estimate of drug-likeness (QED) is 0.301. The molecule has 0 radical (unpaired) electrons. The Labute approximate surface area is 140 Å². The molecule has 0 spiro atoms. The molecule has 0 bridgehead atoms. The van der Waals surface area contributed by atoms with Crippen LogP contribution in [-0.4, -0.2) is 65.9 Å². The van der Waals surface area contributed by atoms with E-state index in [2.05, 4.69) is 6.92 Å². The van der Waals surface area contributed by atoms with Gasteiger partial charge in [-0.15, -0.1) is 0 Å². The monoisotopic (exact) mass is 334 g/mol. The molecule has 0 heterocycles. The van der Waals surface area contributed by atoms with Crippen LogP contribution in [0.15, 0.2) is 0 Å². The first-order valence-electron chi connectivity index (χ1n) is 8.65. The van der Waals surface area contributed by atoms with Crippen LogP contribution in [0.3, 0.4) is 0 Å². The summed E-state index contributed by atoms with van der Waals surface area (Å²) in [4.78, 5) is 11.8. The molecule has 0 aliphatic carbocycles. The highest BCUT2D eigenvalue weighted by atomic mass is 16.6. The predicted octanol–water partition coefficient (Wildman–Crippen LogP) is 2.44. The minimum atomic E-state index is -0.103. The number of carbonyl (C=O) groups is 1. The number of hydrogen-bond acceptors (Lipinski definition) is 6. The number of ether oxygens (including phenoxy) is 5. The van der Waals surface area contributed by atoms with E-state index >= 15 is 0 Å². The van der Waals surface area contributed by atoms with Gasteiger partial charge >= 0.3 is 5.97 Å². The van der Waals surface area contributed by atoms with Crippen LogP contribution in [0.5, 0.6) is 0 Å². The fourth-order valence-electron chi connectivity index (χ4n) is 1.94. The number of rotatable bonds is 17. The van der Waals surface area contributed by atoms with Crippen molar-refractivity contribution < 1.29 is 28.5 Å². The second-order valence-corrected chi connectivity index (χ2v) is 5.24. The van der Waals surface area contributed by atoms with E-state index in [-0.39, 0.29) is 11.9 Å². The number of hydrogen-bond donors (Lipinski definition) is 0. The first kappa shape index (κ1) is 22.3. The summed E-state index contributed by atoms with van der Waals surface area (Å²) in [5.74, 6) is -0.0783. The summed E-state index contributed by atoms with van der Waals surface area (Å²) in [6.07, 6.45) is 3.91. The molecule has 6 nitrogen and oxygen atoms in total. The number of methoxy groups -OCH3 is 1. The molecule has 23 heavy (non-hydrogen) atoms. The molecular weight excluding hydrogens is 300 g/mol. The van der Waals surface area contributed by atoms with E-state index in [9.17, 15) is 4.79 Å². The topological polar surface area (TPSA) is 63.2 Å². The first-order valence-corrected chi connectivity index (χ1v) is 8.65. The summed E-state index contributed by atoms with van der Waals surface area (Å²) in [5.41, 5.74) is 0. The van der Waals surface area contributed by atoms with Crippen molar-refractivity contribution in [2.45, 2.75) is 39.5 Å². The van der Waals surface area contributed by atoms with Gasteiger partial charge in [0.15, 0.2) is 0 Å². The summed E-state index contributed by atoms with van der Waals surface area (Å²) in [6.45, 7) is 8.13. The molecular formula is C17H34O6. The van der Waals surface area contributed by atoms with E-state index in [1.807, 2.05) is 6.92 Å². The maximum absolute atomic E-state index is 11.8. The molecule has 0 fully saturated rings. The van der Waals surface area contributed by atoms with Crippen molar-refractivity contribution in [3.63, 3.8) is 0 Å². The highest BCUT2D eigenvalue weighted by Gasteiger charge is 2.16. The van der Waals surface area contributed by atoms with E-state index in [4.69, 9.17) is 23.7 Å². The summed E-state index contributed by atoms with van der Waals surface area (Å²) >= 11 is 0. The van der Waals surface area contributed by atoms with E-state index in [1.165, 1.54) is 0 Å². The number of carbonyl (C=O) groups excluding carboxylic acids is 1. The van der Waals surface area contributed by atoms with Crippen molar-refractivity contribution >= 4 is 5.97 Å². The van der Waals surface area contributed by atoms with Crippen LogP contribution >= 0.6 is 0 Å². The zero-order chi connectivity index (χ0) is 17.2. The molecule has 0 saturated heterocycles. The molecule has 0 rings (SSSR count). The molecule has 0 aromatic rings. The third-order valence-electron chi connectivity index (χ3n) is 3.38. The van der Waals surface area contributed by atoms with Gasteiger partial charge in [-0.05, 0) is 12.8 Å².